The number of nitrogens with one attached hydrogen (secondary N) is 1. The molecule has 0 bridgehead atoms. The first-order valence-electron chi connectivity index (χ1n) is 6.93. The molecule has 6 heteroatoms. The Morgan fingerprint density at radius 1 is 1.37 bits per heavy atom. The maximum absolute atomic E-state index is 12.1. The first-order valence-corrected chi connectivity index (χ1v) is 6.93. The Labute approximate surface area is 113 Å². The molecule has 0 spiro atoms. The van der Waals surface area contributed by atoms with E-state index < -0.39 is 0 Å². The summed E-state index contributed by atoms with van der Waals surface area (Å²) in [5.41, 5.74) is 0. The molecular weight excluding hydrogens is 248 g/mol. The number of rotatable bonds is 3. The van der Waals surface area contributed by atoms with E-state index in [1.54, 1.807) is 4.90 Å². The molecule has 1 heterocycles. The number of esters is 1. The summed E-state index contributed by atoms with van der Waals surface area (Å²) in [5, 5.41) is 3.05. The van der Waals surface area contributed by atoms with Crippen LogP contribution in [-0.4, -0.2) is 55.9 Å². The number of carbonyl (C=O) groups is 2. The van der Waals surface area contributed by atoms with Gasteiger partial charge in [-0.25, -0.2) is 4.79 Å². The van der Waals surface area contributed by atoms with Crippen molar-refractivity contribution < 1.29 is 19.1 Å². The van der Waals surface area contributed by atoms with Gasteiger partial charge in [0.05, 0.1) is 26.2 Å². The predicted octanol–water partition coefficient (Wildman–Crippen LogP) is 0.902. The van der Waals surface area contributed by atoms with Gasteiger partial charge < -0.3 is 19.7 Å². The Hall–Kier alpha value is -1.30. The van der Waals surface area contributed by atoms with Gasteiger partial charge in [-0.05, 0) is 12.8 Å². The van der Waals surface area contributed by atoms with E-state index in [0.717, 1.165) is 12.8 Å². The molecule has 2 aliphatic rings. The molecule has 108 valence electrons. The molecule has 0 aromatic carbocycles. The number of hydrogen-bond acceptors (Lipinski definition) is 4. The SMILES string of the molecule is COC(=O)CC1CN(C(=O)NC2CCCC2)CCO1. The van der Waals surface area contributed by atoms with Gasteiger partial charge in [-0.3, -0.25) is 4.79 Å². The molecular formula is C13H22N2O4. The summed E-state index contributed by atoms with van der Waals surface area (Å²) in [5.74, 6) is -0.303. The van der Waals surface area contributed by atoms with Crippen molar-refractivity contribution in [3.8, 4) is 0 Å². The van der Waals surface area contributed by atoms with Crippen LogP contribution in [-0.2, 0) is 14.3 Å². The lowest BCUT2D eigenvalue weighted by Crippen LogP contribution is -2.51. The standard InChI is InChI=1S/C13H22N2O4/c1-18-12(16)8-11-9-15(6-7-19-11)13(17)14-10-4-2-3-5-10/h10-11H,2-9H2,1H3,(H,14,17). The highest BCUT2D eigenvalue weighted by Gasteiger charge is 2.28. The summed E-state index contributed by atoms with van der Waals surface area (Å²) in [4.78, 5) is 25.0. The van der Waals surface area contributed by atoms with Gasteiger partial charge in [-0.15, -0.1) is 0 Å². The zero-order valence-corrected chi connectivity index (χ0v) is 11.4. The van der Waals surface area contributed by atoms with Gasteiger partial charge in [0.15, 0.2) is 0 Å². The number of hydrogen-bond donors (Lipinski definition) is 1. The monoisotopic (exact) mass is 270 g/mol. The van der Waals surface area contributed by atoms with Crippen LogP contribution in [0.1, 0.15) is 32.1 Å². The van der Waals surface area contributed by atoms with Crippen LogP contribution in [0.2, 0.25) is 0 Å². The second-order valence-corrected chi connectivity index (χ2v) is 5.15. The summed E-state index contributed by atoms with van der Waals surface area (Å²) in [6.45, 7) is 1.50. The van der Waals surface area contributed by atoms with Gasteiger partial charge in [-0.1, -0.05) is 12.8 Å². The molecule has 1 unspecified atom stereocenters. The number of morpholine rings is 1. The van der Waals surface area contributed by atoms with Crippen molar-refractivity contribution in [2.75, 3.05) is 26.8 Å². The molecule has 1 N–H and O–H groups in total. The predicted molar refractivity (Wildman–Crippen MR) is 68.7 cm³/mol. The molecule has 1 aliphatic carbocycles. The van der Waals surface area contributed by atoms with Crippen molar-refractivity contribution in [1.29, 1.82) is 0 Å². The third kappa shape index (κ3) is 4.09. The highest BCUT2D eigenvalue weighted by atomic mass is 16.5. The van der Waals surface area contributed by atoms with E-state index in [2.05, 4.69) is 10.1 Å². The zero-order chi connectivity index (χ0) is 13.7. The molecule has 1 aliphatic heterocycles. The molecule has 2 amide bonds. The summed E-state index contributed by atoms with van der Waals surface area (Å²) in [7, 11) is 1.36. The van der Waals surface area contributed by atoms with Crippen molar-refractivity contribution >= 4 is 12.0 Å². The second-order valence-electron chi connectivity index (χ2n) is 5.15. The summed E-state index contributed by atoms with van der Waals surface area (Å²) in [6.07, 6.45) is 4.47. The van der Waals surface area contributed by atoms with Crippen LogP contribution in [0.15, 0.2) is 0 Å². The van der Waals surface area contributed by atoms with E-state index >= 15 is 0 Å². The molecule has 6 nitrogen and oxygen atoms in total. The molecule has 0 radical (unpaired) electrons. The van der Waals surface area contributed by atoms with E-state index in [9.17, 15) is 9.59 Å². The Morgan fingerprint density at radius 3 is 2.79 bits per heavy atom. The maximum atomic E-state index is 12.1. The fraction of sp³-hybridized carbons (Fsp3) is 0.846. The fourth-order valence-corrected chi connectivity index (χ4v) is 2.63. The number of ether oxygens (including phenoxy) is 2. The Balaban J connectivity index is 1.79. The highest BCUT2D eigenvalue weighted by Crippen LogP contribution is 2.18. The van der Waals surface area contributed by atoms with Crippen molar-refractivity contribution in [2.24, 2.45) is 0 Å². The molecule has 1 saturated carbocycles. The van der Waals surface area contributed by atoms with Gasteiger partial charge in [0.2, 0.25) is 0 Å². The minimum atomic E-state index is -0.303. The number of amides is 2. The van der Waals surface area contributed by atoms with Crippen molar-refractivity contribution in [2.45, 2.75) is 44.2 Å². The second kappa shape index (κ2) is 6.75. The largest absolute Gasteiger partial charge is 0.469 e. The Kier molecular flexibility index (Phi) is 5.01. The average molecular weight is 270 g/mol. The number of carbonyl (C=O) groups excluding carboxylic acids is 2. The van der Waals surface area contributed by atoms with Crippen LogP contribution >= 0.6 is 0 Å². The Bertz CT molecular complexity index is 329. The van der Waals surface area contributed by atoms with E-state index in [-0.39, 0.29) is 24.5 Å². The minimum absolute atomic E-state index is 0.0370. The summed E-state index contributed by atoms with van der Waals surface area (Å²) in [6, 6.07) is 0.277. The van der Waals surface area contributed by atoms with Gasteiger partial charge in [0.25, 0.3) is 0 Å². The van der Waals surface area contributed by atoms with Crippen LogP contribution in [0, 0.1) is 0 Å². The summed E-state index contributed by atoms with van der Waals surface area (Å²) < 4.78 is 10.1. The van der Waals surface area contributed by atoms with Crippen LogP contribution in [0.5, 0.6) is 0 Å². The molecule has 2 rings (SSSR count). The van der Waals surface area contributed by atoms with Gasteiger partial charge in [-0.2, -0.15) is 0 Å². The quantitative estimate of drug-likeness (QED) is 0.774. The van der Waals surface area contributed by atoms with E-state index in [0.29, 0.717) is 25.7 Å². The lowest BCUT2D eigenvalue weighted by molar-refractivity contribution is -0.145. The first-order chi connectivity index (χ1) is 9.19. The van der Waals surface area contributed by atoms with Crippen LogP contribution < -0.4 is 5.32 Å². The zero-order valence-electron chi connectivity index (χ0n) is 11.4. The van der Waals surface area contributed by atoms with E-state index in [1.807, 2.05) is 0 Å². The van der Waals surface area contributed by atoms with Crippen LogP contribution in [0.4, 0.5) is 4.79 Å². The van der Waals surface area contributed by atoms with Gasteiger partial charge >= 0.3 is 12.0 Å². The number of methoxy groups -OCH3 is 1. The maximum Gasteiger partial charge on any atom is 0.317 e. The molecule has 1 saturated heterocycles. The summed E-state index contributed by atoms with van der Waals surface area (Å²) >= 11 is 0. The highest BCUT2D eigenvalue weighted by molar-refractivity contribution is 5.75. The number of urea groups is 1. The van der Waals surface area contributed by atoms with Crippen LogP contribution in [0.3, 0.4) is 0 Å². The third-order valence-electron chi connectivity index (χ3n) is 3.73. The van der Waals surface area contributed by atoms with E-state index in [4.69, 9.17) is 4.74 Å². The minimum Gasteiger partial charge on any atom is -0.469 e. The van der Waals surface area contributed by atoms with Crippen LogP contribution in [0.25, 0.3) is 0 Å². The topological polar surface area (TPSA) is 67.9 Å². The average Bonchev–Trinajstić information content (AvgIpc) is 2.91. The van der Waals surface area contributed by atoms with Crippen molar-refractivity contribution in [3.05, 3.63) is 0 Å². The fourth-order valence-electron chi connectivity index (χ4n) is 2.63. The molecule has 19 heavy (non-hydrogen) atoms. The lowest BCUT2D eigenvalue weighted by atomic mass is 10.2. The van der Waals surface area contributed by atoms with Crippen molar-refractivity contribution in [3.63, 3.8) is 0 Å². The van der Waals surface area contributed by atoms with Gasteiger partial charge in [0.1, 0.15) is 0 Å². The molecule has 2 fully saturated rings. The number of nitrogens with zero attached hydrogens (tertiary/aromatic N) is 1. The normalized spacial score (nSPS) is 24.3. The third-order valence-corrected chi connectivity index (χ3v) is 3.73. The molecule has 0 aromatic heterocycles. The van der Waals surface area contributed by atoms with Crippen molar-refractivity contribution in [1.82, 2.24) is 10.2 Å². The molecule has 0 aromatic rings. The lowest BCUT2D eigenvalue weighted by Gasteiger charge is -2.33. The first kappa shape index (κ1) is 14.1. The smallest absolute Gasteiger partial charge is 0.317 e. The van der Waals surface area contributed by atoms with Gasteiger partial charge in [0, 0.05) is 19.1 Å². The molecule has 1 atom stereocenters. The Morgan fingerprint density at radius 2 is 2.11 bits per heavy atom. The van der Waals surface area contributed by atoms with E-state index in [1.165, 1.54) is 20.0 Å².